The van der Waals surface area contributed by atoms with Crippen LogP contribution in [0.3, 0.4) is 0 Å². The average molecular weight is 373 g/mol. The average Bonchev–Trinajstić information content (AvgIpc) is 3.43. The summed E-state index contributed by atoms with van der Waals surface area (Å²) < 4.78 is 13.5. The molecule has 0 fully saturated rings. The molecule has 0 unspecified atom stereocenters. The van der Waals surface area contributed by atoms with Crippen molar-refractivity contribution in [3.8, 4) is 17.2 Å². The molecule has 0 amide bonds. The van der Waals surface area contributed by atoms with Crippen LogP contribution in [0.2, 0.25) is 0 Å². The lowest BCUT2D eigenvalue weighted by molar-refractivity contribution is 0.301. The summed E-state index contributed by atoms with van der Waals surface area (Å²) >= 11 is 0. The van der Waals surface area contributed by atoms with Gasteiger partial charge in [0.15, 0.2) is 0 Å². The van der Waals surface area contributed by atoms with Crippen LogP contribution in [-0.2, 0) is 19.6 Å². The van der Waals surface area contributed by atoms with E-state index in [1.165, 1.54) is 5.56 Å². The number of aromatic nitrogens is 3. The molecule has 0 aliphatic rings. The van der Waals surface area contributed by atoms with E-state index >= 15 is 0 Å². The van der Waals surface area contributed by atoms with Gasteiger partial charge in [-0.25, -0.2) is 9.97 Å². The summed E-state index contributed by atoms with van der Waals surface area (Å²) in [6.07, 6.45) is 10.7. The summed E-state index contributed by atoms with van der Waals surface area (Å²) in [5, 5.41) is 0. The van der Waals surface area contributed by atoms with Crippen LogP contribution < -0.4 is 4.74 Å². The van der Waals surface area contributed by atoms with Crippen molar-refractivity contribution in [3.05, 3.63) is 90.8 Å². The Morgan fingerprint density at radius 3 is 2.61 bits per heavy atom. The minimum Gasteiger partial charge on any atom is -0.487 e. The topological polar surface area (TPSA) is 53.1 Å². The highest BCUT2D eigenvalue weighted by Gasteiger charge is 2.07. The summed E-state index contributed by atoms with van der Waals surface area (Å²) in [6, 6.07) is 18.2. The molecule has 0 saturated carbocycles. The second-order valence-corrected chi connectivity index (χ2v) is 6.70. The van der Waals surface area contributed by atoms with Crippen LogP contribution >= 0.6 is 0 Å². The Balaban J connectivity index is 1.23. The predicted molar refractivity (Wildman–Crippen MR) is 108 cm³/mol. The predicted octanol–water partition coefficient (Wildman–Crippen LogP) is 5.14. The molecule has 2 heterocycles. The van der Waals surface area contributed by atoms with Crippen molar-refractivity contribution in [3.63, 3.8) is 0 Å². The number of oxazole rings is 1. The van der Waals surface area contributed by atoms with E-state index in [1.54, 1.807) is 6.26 Å². The van der Waals surface area contributed by atoms with Gasteiger partial charge in [-0.3, -0.25) is 0 Å². The molecule has 0 bridgehead atoms. The smallest absolute Gasteiger partial charge is 0.226 e. The Hall–Kier alpha value is -3.34. The van der Waals surface area contributed by atoms with Crippen LogP contribution in [0.25, 0.3) is 11.5 Å². The Kier molecular flexibility index (Phi) is 5.83. The van der Waals surface area contributed by atoms with Crippen molar-refractivity contribution < 1.29 is 9.15 Å². The third-order valence-corrected chi connectivity index (χ3v) is 4.57. The molecular weight excluding hydrogens is 350 g/mol. The van der Waals surface area contributed by atoms with Gasteiger partial charge in [0.1, 0.15) is 24.3 Å². The minimum atomic E-state index is 0.389. The van der Waals surface area contributed by atoms with E-state index in [1.807, 2.05) is 61.2 Å². The number of aryl methyl sites for hydroxylation is 2. The van der Waals surface area contributed by atoms with Gasteiger partial charge in [-0.2, -0.15) is 0 Å². The number of unbranched alkanes of at least 4 members (excludes halogenated alkanes) is 1. The van der Waals surface area contributed by atoms with E-state index < -0.39 is 0 Å². The zero-order valence-corrected chi connectivity index (χ0v) is 15.7. The van der Waals surface area contributed by atoms with E-state index in [0.717, 1.165) is 42.8 Å². The molecule has 5 nitrogen and oxygen atoms in total. The second kappa shape index (κ2) is 9.04. The minimum absolute atomic E-state index is 0.389. The molecule has 5 heteroatoms. The summed E-state index contributed by atoms with van der Waals surface area (Å²) in [6.45, 7) is 1.41. The first-order valence-electron chi connectivity index (χ1n) is 9.54. The first-order chi connectivity index (χ1) is 13.9. The second-order valence-electron chi connectivity index (χ2n) is 6.70. The van der Waals surface area contributed by atoms with Gasteiger partial charge in [0.05, 0.1) is 6.33 Å². The van der Waals surface area contributed by atoms with Crippen molar-refractivity contribution in [2.45, 2.75) is 32.4 Å². The summed E-state index contributed by atoms with van der Waals surface area (Å²) in [7, 11) is 0. The molecule has 0 aliphatic heterocycles. The molecular formula is C23H23N3O2. The maximum absolute atomic E-state index is 5.84. The number of ether oxygens (including phenoxy) is 1. The lowest BCUT2D eigenvalue weighted by Gasteiger charge is -2.06. The summed E-state index contributed by atoms with van der Waals surface area (Å²) in [5.74, 6) is 1.46. The van der Waals surface area contributed by atoms with Crippen LogP contribution in [0.5, 0.6) is 5.75 Å². The first-order valence-corrected chi connectivity index (χ1v) is 9.54. The molecule has 4 rings (SSSR count). The third-order valence-electron chi connectivity index (χ3n) is 4.57. The van der Waals surface area contributed by atoms with Gasteiger partial charge in [-0.1, -0.05) is 30.3 Å². The number of hydrogen-bond donors (Lipinski definition) is 0. The molecule has 0 N–H and O–H groups in total. The van der Waals surface area contributed by atoms with E-state index in [0.29, 0.717) is 12.5 Å². The van der Waals surface area contributed by atoms with E-state index in [-0.39, 0.29) is 0 Å². The highest BCUT2D eigenvalue weighted by molar-refractivity contribution is 5.52. The van der Waals surface area contributed by atoms with Crippen LogP contribution in [0.15, 0.2) is 84.0 Å². The zero-order chi connectivity index (χ0) is 19.0. The van der Waals surface area contributed by atoms with Crippen molar-refractivity contribution in [2.24, 2.45) is 0 Å². The quantitative estimate of drug-likeness (QED) is 0.381. The number of hydrogen-bond acceptors (Lipinski definition) is 4. The van der Waals surface area contributed by atoms with E-state index in [9.17, 15) is 0 Å². The van der Waals surface area contributed by atoms with Gasteiger partial charge in [-0.05, 0) is 49.1 Å². The number of imidazole rings is 1. The van der Waals surface area contributed by atoms with E-state index in [2.05, 4.69) is 26.7 Å². The normalized spacial score (nSPS) is 10.9. The van der Waals surface area contributed by atoms with Crippen LogP contribution in [0.4, 0.5) is 0 Å². The Bertz CT molecular complexity index is 961. The number of benzene rings is 2. The van der Waals surface area contributed by atoms with Crippen LogP contribution in [-0.4, -0.2) is 14.5 Å². The molecule has 2 aromatic heterocycles. The molecule has 28 heavy (non-hydrogen) atoms. The zero-order valence-electron chi connectivity index (χ0n) is 15.7. The van der Waals surface area contributed by atoms with Crippen molar-refractivity contribution in [2.75, 3.05) is 0 Å². The molecule has 0 spiro atoms. The van der Waals surface area contributed by atoms with Gasteiger partial charge >= 0.3 is 0 Å². The number of nitrogens with zero attached hydrogens (tertiary/aromatic N) is 3. The Labute approximate surface area is 164 Å². The Morgan fingerprint density at radius 1 is 0.964 bits per heavy atom. The first kappa shape index (κ1) is 18.0. The lowest BCUT2D eigenvalue weighted by Crippen LogP contribution is -1.97. The van der Waals surface area contributed by atoms with Gasteiger partial charge in [-0.15, -0.1) is 0 Å². The number of rotatable bonds is 9. The fourth-order valence-electron chi connectivity index (χ4n) is 3.04. The molecule has 0 aliphatic carbocycles. The summed E-state index contributed by atoms with van der Waals surface area (Å²) in [5.41, 5.74) is 3.07. The third kappa shape index (κ3) is 4.88. The van der Waals surface area contributed by atoms with Crippen LogP contribution in [0, 0.1) is 0 Å². The standard InChI is InChI=1S/C23H23N3O2/c1-2-7-20(8-3-1)23-25-21(17-28-23)16-27-22-11-9-19(10-12-22)6-4-5-14-26-15-13-24-18-26/h1-3,7-13,15,17-18H,4-6,14,16H2. The molecule has 2 aromatic carbocycles. The van der Waals surface area contributed by atoms with Crippen molar-refractivity contribution in [1.29, 1.82) is 0 Å². The maximum Gasteiger partial charge on any atom is 0.226 e. The fourth-order valence-corrected chi connectivity index (χ4v) is 3.04. The largest absolute Gasteiger partial charge is 0.487 e. The van der Waals surface area contributed by atoms with Crippen LogP contribution in [0.1, 0.15) is 24.1 Å². The molecule has 0 saturated heterocycles. The van der Waals surface area contributed by atoms with Crippen molar-refractivity contribution >= 4 is 0 Å². The molecule has 0 atom stereocenters. The van der Waals surface area contributed by atoms with Gasteiger partial charge in [0, 0.05) is 24.5 Å². The molecule has 142 valence electrons. The van der Waals surface area contributed by atoms with Gasteiger partial charge in [0.2, 0.25) is 5.89 Å². The highest BCUT2D eigenvalue weighted by Crippen LogP contribution is 2.20. The molecule has 4 aromatic rings. The van der Waals surface area contributed by atoms with Gasteiger partial charge in [0.25, 0.3) is 0 Å². The highest BCUT2D eigenvalue weighted by atomic mass is 16.5. The Morgan fingerprint density at radius 2 is 1.82 bits per heavy atom. The monoisotopic (exact) mass is 373 g/mol. The fraction of sp³-hybridized carbons (Fsp3) is 0.217. The van der Waals surface area contributed by atoms with Gasteiger partial charge < -0.3 is 13.7 Å². The SMILES string of the molecule is c1ccc(-c2nc(COc3ccc(CCCCn4ccnc4)cc3)co2)cc1. The lowest BCUT2D eigenvalue weighted by atomic mass is 10.1. The van der Waals surface area contributed by atoms with Crippen molar-refractivity contribution in [1.82, 2.24) is 14.5 Å². The molecule has 0 radical (unpaired) electrons. The summed E-state index contributed by atoms with van der Waals surface area (Å²) in [4.78, 5) is 8.55. The maximum atomic E-state index is 5.84. The van der Waals surface area contributed by atoms with E-state index in [4.69, 9.17) is 9.15 Å².